The Morgan fingerprint density at radius 2 is 1.71 bits per heavy atom. The van der Waals surface area contributed by atoms with Gasteiger partial charge in [-0.05, 0) is 60.7 Å². The van der Waals surface area contributed by atoms with Gasteiger partial charge in [-0.1, -0.05) is 30.3 Å². The molecule has 2 aromatic carbocycles. The lowest BCUT2D eigenvalue weighted by atomic mass is 9.82. The third kappa shape index (κ3) is 3.93. The third-order valence-electron chi connectivity index (χ3n) is 5.02. The lowest BCUT2D eigenvalue weighted by molar-refractivity contribution is -0.117. The van der Waals surface area contributed by atoms with Gasteiger partial charge in [0.2, 0.25) is 5.91 Å². The summed E-state index contributed by atoms with van der Waals surface area (Å²) in [5.41, 5.74) is 4.14. The summed E-state index contributed by atoms with van der Waals surface area (Å²) in [6.07, 6.45) is 6.10. The number of hydrogen-bond acceptors (Lipinski definition) is 3. The number of amides is 2. The van der Waals surface area contributed by atoms with E-state index >= 15 is 0 Å². The Kier molecular flexibility index (Phi) is 5.15. The highest BCUT2D eigenvalue weighted by molar-refractivity contribution is 6.05. The largest absolute Gasteiger partial charge is 0.326 e. The van der Waals surface area contributed by atoms with Gasteiger partial charge in [0.05, 0.1) is 5.92 Å². The minimum absolute atomic E-state index is 0.0289. The molecule has 1 unspecified atom stereocenters. The van der Waals surface area contributed by atoms with Gasteiger partial charge in [-0.25, -0.2) is 0 Å². The van der Waals surface area contributed by atoms with Crippen LogP contribution < -0.4 is 10.6 Å². The van der Waals surface area contributed by atoms with Crippen LogP contribution in [0.25, 0.3) is 0 Å². The van der Waals surface area contributed by atoms with Crippen LogP contribution in [0.5, 0.6) is 0 Å². The van der Waals surface area contributed by atoms with Gasteiger partial charge in [-0.15, -0.1) is 0 Å². The number of nitrogens with zero attached hydrogens (tertiary/aromatic N) is 1. The number of aromatic nitrogens is 1. The first-order valence-corrected chi connectivity index (χ1v) is 9.41. The van der Waals surface area contributed by atoms with E-state index < -0.39 is 0 Å². The second-order valence-electron chi connectivity index (χ2n) is 6.90. The molecule has 5 nitrogen and oxygen atoms in total. The fraction of sp³-hybridized carbons (Fsp3) is 0.174. The Morgan fingerprint density at radius 3 is 2.57 bits per heavy atom. The number of rotatable bonds is 4. The molecule has 0 aliphatic heterocycles. The number of nitrogens with one attached hydrogen (secondary N) is 2. The molecule has 1 aromatic heterocycles. The van der Waals surface area contributed by atoms with Crippen molar-refractivity contribution in [1.82, 2.24) is 4.98 Å². The minimum Gasteiger partial charge on any atom is -0.326 e. The lowest BCUT2D eigenvalue weighted by Crippen LogP contribution is -2.24. The number of fused-ring (bicyclic) bond motifs is 1. The zero-order chi connectivity index (χ0) is 19.3. The number of aryl methyl sites for hydroxylation is 1. The van der Waals surface area contributed by atoms with E-state index in [0.717, 1.165) is 24.8 Å². The molecule has 3 aromatic rings. The first kappa shape index (κ1) is 17.9. The number of hydrogen-bond donors (Lipinski definition) is 2. The molecule has 140 valence electrons. The van der Waals surface area contributed by atoms with Crippen LogP contribution in [0.4, 0.5) is 11.4 Å². The molecular formula is C23H21N3O2. The summed E-state index contributed by atoms with van der Waals surface area (Å²) in [5, 5.41) is 5.81. The Morgan fingerprint density at radius 1 is 0.893 bits per heavy atom. The topological polar surface area (TPSA) is 71.1 Å². The van der Waals surface area contributed by atoms with Crippen LogP contribution in [0.15, 0.2) is 73.1 Å². The molecule has 0 saturated heterocycles. The highest BCUT2D eigenvalue weighted by Crippen LogP contribution is 2.32. The fourth-order valence-electron chi connectivity index (χ4n) is 3.63. The monoisotopic (exact) mass is 371 g/mol. The van der Waals surface area contributed by atoms with Gasteiger partial charge in [0.25, 0.3) is 5.91 Å². The van der Waals surface area contributed by atoms with E-state index in [1.165, 1.54) is 5.56 Å². The van der Waals surface area contributed by atoms with Crippen LogP contribution in [0.2, 0.25) is 0 Å². The maximum atomic E-state index is 12.9. The molecule has 28 heavy (non-hydrogen) atoms. The number of carbonyl (C=O) groups is 2. The molecule has 0 fully saturated rings. The zero-order valence-corrected chi connectivity index (χ0v) is 15.4. The van der Waals surface area contributed by atoms with Crippen molar-refractivity contribution in [3.05, 3.63) is 89.7 Å². The van der Waals surface area contributed by atoms with Gasteiger partial charge in [-0.2, -0.15) is 0 Å². The lowest BCUT2D eigenvalue weighted by Gasteiger charge is -2.24. The second kappa shape index (κ2) is 8.05. The smallest absolute Gasteiger partial charge is 0.255 e. The SMILES string of the molecule is O=C(Nc1ccncc1)c1cccc(NC(=O)C2CCCc3ccccc32)c1. The zero-order valence-electron chi connectivity index (χ0n) is 15.4. The quantitative estimate of drug-likeness (QED) is 0.714. The third-order valence-corrected chi connectivity index (χ3v) is 5.02. The Bertz CT molecular complexity index is 1000. The first-order chi connectivity index (χ1) is 13.7. The Balaban J connectivity index is 1.48. The van der Waals surface area contributed by atoms with Crippen molar-refractivity contribution in [2.24, 2.45) is 0 Å². The number of anilines is 2. The number of benzene rings is 2. The molecule has 2 amide bonds. The maximum Gasteiger partial charge on any atom is 0.255 e. The summed E-state index contributed by atoms with van der Waals surface area (Å²) in [6.45, 7) is 0. The molecule has 5 heteroatoms. The molecule has 2 N–H and O–H groups in total. The summed E-state index contributed by atoms with van der Waals surface area (Å²) in [7, 11) is 0. The van der Waals surface area contributed by atoms with Gasteiger partial charge in [0.1, 0.15) is 0 Å². The molecule has 0 saturated carbocycles. The van der Waals surface area contributed by atoms with E-state index in [0.29, 0.717) is 16.9 Å². The molecule has 1 aliphatic rings. The predicted octanol–water partition coefficient (Wildman–Crippen LogP) is 4.39. The van der Waals surface area contributed by atoms with Crippen LogP contribution in [-0.4, -0.2) is 16.8 Å². The highest BCUT2D eigenvalue weighted by atomic mass is 16.2. The highest BCUT2D eigenvalue weighted by Gasteiger charge is 2.26. The van der Waals surface area contributed by atoms with E-state index in [9.17, 15) is 9.59 Å². The molecule has 1 heterocycles. The van der Waals surface area contributed by atoms with Crippen molar-refractivity contribution in [2.75, 3.05) is 10.6 Å². The average molecular weight is 371 g/mol. The Hall–Kier alpha value is -3.47. The van der Waals surface area contributed by atoms with Crippen LogP contribution in [-0.2, 0) is 11.2 Å². The molecule has 1 aliphatic carbocycles. The molecule has 0 bridgehead atoms. The van der Waals surface area contributed by atoms with E-state index in [1.807, 2.05) is 18.2 Å². The van der Waals surface area contributed by atoms with Crippen molar-refractivity contribution in [3.8, 4) is 0 Å². The minimum atomic E-state index is -0.231. The first-order valence-electron chi connectivity index (χ1n) is 9.41. The fourth-order valence-corrected chi connectivity index (χ4v) is 3.63. The molecule has 0 radical (unpaired) electrons. The second-order valence-corrected chi connectivity index (χ2v) is 6.90. The molecule has 4 rings (SSSR count). The molecule has 1 atom stereocenters. The Labute approximate surface area is 163 Å². The van der Waals surface area contributed by atoms with Gasteiger partial charge < -0.3 is 10.6 Å². The van der Waals surface area contributed by atoms with Crippen LogP contribution >= 0.6 is 0 Å². The summed E-state index contributed by atoms with van der Waals surface area (Å²) in [4.78, 5) is 29.3. The predicted molar refractivity (Wildman–Crippen MR) is 109 cm³/mol. The number of carbonyl (C=O) groups excluding carboxylic acids is 2. The van der Waals surface area contributed by atoms with Crippen LogP contribution in [0.1, 0.15) is 40.2 Å². The standard InChI is InChI=1S/C23H21N3O2/c27-22(25-18-11-13-24-14-12-18)17-7-3-8-19(15-17)26-23(28)21-10-4-6-16-5-1-2-9-20(16)21/h1-3,5,7-9,11-15,21H,4,6,10H2,(H,26,28)(H,24,25,27). The van der Waals surface area contributed by atoms with E-state index in [4.69, 9.17) is 0 Å². The van der Waals surface area contributed by atoms with E-state index in [-0.39, 0.29) is 17.7 Å². The van der Waals surface area contributed by atoms with Crippen molar-refractivity contribution in [1.29, 1.82) is 0 Å². The van der Waals surface area contributed by atoms with Crippen LogP contribution in [0, 0.1) is 0 Å². The van der Waals surface area contributed by atoms with Gasteiger partial charge in [0.15, 0.2) is 0 Å². The van der Waals surface area contributed by atoms with Gasteiger partial charge in [-0.3, -0.25) is 14.6 Å². The van der Waals surface area contributed by atoms with Crippen molar-refractivity contribution in [3.63, 3.8) is 0 Å². The molecular weight excluding hydrogens is 350 g/mol. The average Bonchev–Trinajstić information content (AvgIpc) is 2.74. The van der Waals surface area contributed by atoms with Crippen LogP contribution in [0.3, 0.4) is 0 Å². The van der Waals surface area contributed by atoms with Gasteiger partial charge >= 0.3 is 0 Å². The van der Waals surface area contributed by atoms with Crippen molar-refractivity contribution in [2.45, 2.75) is 25.2 Å². The number of pyridine rings is 1. The summed E-state index contributed by atoms with van der Waals surface area (Å²) in [5.74, 6) is -0.414. The summed E-state index contributed by atoms with van der Waals surface area (Å²) in [6, 6.07) is 18.6. The summed E-state index contributed by atoms with van der Waals surface area (Å²) < 4.78 is 0. The van der Waals surface area contributed by atoms with E-state index in [2.05, 4.69) is 21.7 Å². The maximum absolute atomic E-state index is 12.9. The van der Waals surface area contributed by atoms with Crippen molar-refractivity contribution < 1.29 is 9.59 Å². The summed E-state index contributed by atoms with van der Waals surface area (Å²) >= 11 is 0. The van der Waals surface area contributed by atoms with E-state index in [1.54, 1.807) is 48.8 Å². The van der Waals surface area contributed by atoms with Gasteiger partial charge in [0, 0.05) is 29.3 Å². The normalized spacial score (nSPS) is 15.4. The molecule has 0 spiro atoms. The van der Waals surface area contributed by atoms with Crippen molar-refractivity contribution >= 4 is 23.2 Å².